The lowest BCUT2D eigenvalue weighted by Crippen LogP contribution is -2.46. The molecule has 1 aliphatic carbocycles. The molecule has 2 atom stereocenters. The Morgan fingerprint density at radius 1 is 1.30 bits per heavy atom. The summed E-state index contributed by atoms with van der Waals surface area (Å²) in [6.45, 7) is 10.2. The van der Waals surface area contributed by atoms with E-state index >= 15 is 0 Å². The SMILES string of the molecule is COCC(C)CNCC(NC(=O)OC(C)(C)C)C1CC1. The zero-order chi connectivity index (χ0) is 15.2. The van der Waals surface area contributed by atoms with Gasteiger partial charge >= 0.3 is 6.09 Å². The van der Waals surface area contributed by atoms with Crippen molar-refractivity contribution in [2.45, 2.75) is 52.2 Å². The lowest BCUT2D eigenvalue weighted by atomic mass is 10.1. The first-order valence-electron chi connectivity index (χ1n) is 7.51. The van der Waals surface area contributed by atoms with Crippen LogP contribution in [0, 0.1) is 11.8 Å². The van der Waals surface area contributed by atoms with Gasteiger partial charge in [0.1, 0.15) is 5.60 Å². The van der Waals surface area contributed by atoms with E-state index in [1.54, 1.807) is 7.11 Å². The third-order valence-corrected chi connectivity index (χ3v) is 3.20. The highest BCUT2D eigenvalue weighted by Gasteiger charge is 2.33. The molecule has 0 aromatic heterocycles. The van der Waals surface area contributed by atoms with Crippen molar-refractivity contribution >= 4 is 6.09 Å². The van der Waals surface area contributed by atoms with Gasteiger partial charge in [-0.1, -0.05) is 6.92 Å². The fourth-order valence-corrected chi connectivity index (χ4v) is 2.12. The molecular weight excluding hydrogens is 256 g/mol. The van der Waals surface area contributed by atoms with E-state index in [2.05, 4.69) is 17.6 Å². The number of hydrogen-bond donors (Lipinski definition) is 2. The van der Waals surface area contributed by atoms with Crippen LogP contribution in [0.5, 0.6) is 0 Å². The highest BCUT2D eigenvalue weighted by Crippen LogP contribution is 2.32. The Bertz CT molecular complexity index is 298. The van der Waals surface area contributed by atoms with Crippen molar-refractivity contribution in [2.75, 3.05) is 26.8 Å². The molecule has 0 aliphatic heterocycles. The summed E-state index contributed by atoms with van der Waals surface area (Å²) in [6, 6.07) is 0.166. The largest absolute Gasteiger partial charge is 0.444 e. The maximum atomic E-state index is 11.8. The quantitative estimate of drug-likeness (QED) is 0.718. The van der Waals surface area contributed by atoms with Crippen LogP contribution in [0.15, 0.2) is 0 Å². The average Bonchev–Trinajstić information content (AvgIpc) is 3.09. The fourth-order valence-electron chi connectivity index (χ4n) is 2.12. The molecule has 1 saturated carbocycles. The van der Waals surface area contributed by atoms with E-state index in [4.69, 9.17) is 9.47 Å². The van der Waals surface area contributed by atoms with Crippen molar-refractivity contribution < 1.29 is 14.3 Å². The monoisotopic (exact) mass is 286 g/mol. The topological polar surface area (TPSA) is 59.6 Å². The molecule has 1 aliphatic rings. The summed E-state index contributed by atoms with van der Waals surface area (Å²) in [5.74, 6) is 1.06. The number of methoxy groups -OCH3 is 1. The fraction of sp³-hybridized carbons (Fsp3) is 0.933. The summed E-state index contributed by atoms with van der Waals surface area (Å²) in [4.78, 5) is 11.8. The van der Waals surface area contributed by atoms with Gasteiger partial charge in [0.25, 0.3) is 0 Å². The van der Waals surface area contributed by atoms with Gasteiger partial charge in [-0.2, -0.15) is 0 Å². The highest BCUT2D eigenvalue weighted by molar-refractivity contribution is 5.68. The second kappa shape index (κ2) is 7.84. The third kappa shape index (κ3) is 7.70. The standard InChI is InChI=1S/C15H30N2O3/c1-11(10-19-5)8-16-9-13(12-6-7-12)17-14(18)20-15(2,3)4/h11-13,16H,6-10H2,1-5H3,(H,17,18). The smallest absolute Gasteiger partial charge is 0.407 e. The molecule has 20 heavy (non-hydrogen) atoms. The molecule has 2 unspecified atom stereocenters. The molecular formula is C15H30N2O3. The van der Waals surface area contributed by atoms with Gasteiger partial charge in [0.15, 0.2) is 0 Å². The van der Waals surface area contributed by atoms with E-state index in [1.165, 1.54) is 12.8 Å². The molecule has 0 spiro atoms. The minimum Gasteiger partial charge on any atom is -0.444 e. The number of alkyl carbamates (subject to hydrolysis) is 1. The Kier molecular flexibility index (Phi) is 6.76. The molecule has 118 valence electrons. The number of carbonyl (C=O) groups is 1. The van der Waals surface area contributed by atoms with Gasteiger partial charge < -0.3 is 20.1 Å². The van der Waals surface area contributed by atoms with Crippen LogP contribution in [-0.4, -0.2) is 44.5 Å². The summed E-state index contributed by atoms with van der Waals surface area (Å²) in [5, 5.41) is 6.40. The first kappa shape index (κ1) is 17.2. The molecule has 0 radical (unpaired) electrons. The Morgan fingerprint density at radius 3 is 2.45 bits per heavy atom. The molecule has 0 aromatic carbocycles. The minimum atomic E-state index is -0.446. The lowest BCUT2D eigenvalue weighted by Gasteiger charge is -2.24. The van der Waals surface area contributed by atoms with E-state index in [0.29, 0.717) is 11.8 Å². The van der Waals surface area contributed by atoms with Crippen LogP contribution in [0.1, 0.15) is 40.5 Å². The zero-order valence-electron chi connectivity index (χ0n) is 13.5. The molecule has 0 saturated heterocycles. The van der Waals surface area contributed by atoms with E-state index in [-0.39, 0.29) is 12.1 Å². The number of hydrogen-bond acceptors (Lipinski definition) is 4. The average molecular weight is 286 g/mol. The minimum absolute atomic E-state index is 0.166. The van der Waals surface area contributed by atoms with E-state index in [9.17, 15) is 4.79 Å². The summed E-state index contributed by atoms with van der Waals surface area (Å²) in [6.07, 6.45) is 2.06. The van der Waals surface area contributed by atoms with Crippen LogP contribution in [0.2, 0.25) is 0 Å². The first-order chi connectivity index (χ1) is 9.31. The molecule has 0 heterocycles. The number of rotatable bonds is 8. The Hall–Kier alpha value is -0.810. The van der Waals surface area contributed by atoms with Crippen LogP contribution >= 0.6 is 0 Å². The molecule has 0 aromatic rings. The van der Waals surface area contributed by atoms with Crippen molar-refractivity contribution in [1.29, 1.82) is 0 Å². The number of carbonyl (C=O) groups excluding carboxylic acids is 1. The summed E-state index contributed by atoms with van der Waals surface area (Å²) in [7, 11) is 1.72. The van der Waals surface area contributed by atoms with Gasteiger partial charge in [-0.25, -0.2) is 4.79 Å². The van der Waals surface area contributed by atoms with Crippen molar-refractivity contribution in [3.8, 4) is 0 Å². The maximum absolute atomic E-state index is 11.8. The predicted octanol–water partition coefficient (Wildman–Crippen LogP) is 2.16. The second-order valence-corrected chi connectivity index (χ2v) is 6.81. The number of amides is 1. The third-order valence-electron chi connectivity index (χ3n) is 3.20. The Balaban J connectivity index is 2.28. The van der Waals surface area contributed by atoms with Gasteiger partial charge in [0.2, 0.25) is 0 Å². The van der Waals surface area contributed by atoms with E-state index in [0.717, 1.165) is 19.7 Å². The van der Waals surface area contributed by atoms with Crippen molar-refractivity contribution in [3.63, 3.8) is 0 Å². The van der Waals surface area contributed by atoms with Crippen LogP contribution in [0.4, 0.5) is 4.79 Å². The predicted molar refractivity (Wildman–Crippen MR) is 79.8 cm³/mol. The highest BCUT2D eigenvalue weighted by atomic mass is 16.6. The van der Waals surface area contributed by atoms with Gasteiger partial charge in [-0.15, -0.1) is 0 Å². The molecule has 5 nitrogen and oxygen atoms in total. The molecule has 5 heteroatoms. The van der Waals surface area contributed by atoms with Crippen LogP contribution < -0.4 is 10.6 Å². The second-order valence-electron chi connectivity index (χ2n) is 6.81. The van der Waals surface area contributed by atoms with Crippen LogP contribution in [0.25, 0.3) is 0 Å². The molecule has 1 fully saturated rings. The van der Waals surface area contributed by atoms with Gasteiger partial charge in [0.05, 0.1) is 0 Å². The van der Waals surface area contributed by atoms with Crippen LogP contribution in [-0.2, 0) is 9.47 Å². The summed E-state index contributed by atoms with van der Waals surface area (Å²) < 4.78 is 10.4. The van der Waals surface area contributed by atoms with Gasteiger partial charge in [0, 0.05) is 26.3 Å². The summed E-state index contributed by atoms with van der Waals surface area (Å²) in [5.41, 5.74) is -0.446. The Labute approximate surface area is 122 Å². The van der Waals surface area contributed by atoms with Gasteiger partial charge in [-0.05, 0) is 52.0 Å². The van der Waals surface area contributed by atoms with Crippen molar-refractivity contribution in [1.82, 2.24) is 10.6 Å². The van der Waals surface area contributed by atoms with Crippen LogP contribution in [0.3, 0.4) is 0 Å². The maximum Gasteiger partial charge on any atom is 0.407 e. The van der Waals surface area contributed by atoms with E-state index in [1.807, 2.05) is 20.8 Å². The molecule has 1 amide bonds. The summed E-state index contributed by atoms with van der Waals surface area (Å²) >= 11 is 0. The molecule has 1 rings (SSSR count). The van der Waals surface area contributed by atoms with Crippen molar-refractivity contribution in [2.24, 2.45) is 11.8 Å². The van der Waals surface area contributed by atoms with E-state index < -0.39 is 5.60 Å². The first-order valence-corrected chi connectivity index (χ1v) is 7.51. The van der Waals surface area contributed by atoms with Crippen molar-refractivity contribution in [3.05, 3.63) is 0 Å². The lowest BCUT2D eigenvalue weighted by molar-refractivity contribution is 0.0497. The number of ether oxygens (including phenoxy) is 2. The Morgan fingerprint density at radius 2 is 1.95 bits per heavy atom. The molecule has 2 N–H and O–H groups in total. The normalized spacial score (nSPS) is 18.4. The number of nitrogens with one attached hydrogen (secondary N) is 2. The molecule has 0 bridgehead atoms. The van der Waals surface area contributed by atoms with Gasteiger partial charge in [-0.3, -0.25) is 0 Å². The zero-order valence-corrected chi connectivity index (χ0v) is 13.5.